The topological polar surface area (TPSA) is 100 Å². The minimum atomic E-state index is 0.474. The van der Waals surface area contributed by atoms with Gasteiger partial charge in [0.05, 0.1) is 5.71 Å². The van der Waals surface area contributed by atoms with Crippen LogP contribution in [0.3, 0.4) is 0 Å². The van der Waals surface area contributed by atoms with E-state index in [1.807, 2.05) is 67.7 Å². The van der Waals surface area contributed by atoms with E-state index in [2.05, 4.69) is 47.2 Å². The lowest BCUT2D eigenvalue weighted by Crippen LogP contribution is -2.10. The van der Waals surface area contributed by atoms with Crippen LogP contribution in [0.5, 0.6) is 0 Å². The number of hydrogen-bond donors (Lipinski definition) is 3. The molecule has 0 fully saturated rings. The molecule has 3 heterocycles. The van der Waals surface area contributed by atoms with Crippen molar-refractivity contribution in [2.45, 2.75) is 13.3 Å². The van der Waals surface area contributed by atoms with Crippen molar-refractivity contribution in [2.24, 2.45) is 5.10 Å². The van der Waals surface area contributed by atoms with Crippen LogP contribution in [0.1, 0.15) is 18.1 Å². The first kappa shape index (κ1) is 20.9. The van der Waals surface area contributed by atoms with Crippen molar-refractivity contribution in [1.29, 1.82) is 0 Å². The predicted molar refractivity (Wildman–Crippen MR) is 128 cm³/mol. The molecule has 4 aromatic rings. The number of para-hydroxylation sites is 1. The summed E-state index contributed by atoms with van der Waals surface area (Å²) in [6.45, 7) is 2.64. The summed E-state index contributed by atoms with van der Waals surface area (Å²) >= 11 is 0. The summed E-state index contributed by atoms with van der Waals surface area (Å²) in [5.41, 5.74) is 6.92. The fourth-order valence-electron chi connectivity index (χ4n) is 2.98. The van der Waals surface area contributed by atoms with Gasteiger partial charge in [0.15, 0.2) is 5.82 Å². The number of nitrogens with zero attached hydrogens (tertiary/aromatic N) is 5. The fourth-order valence-corrected chi connectivity index (χ4v) is 2.98. The Morgan fingerprint density at radius 1 is 0.875 bits per heavy atom. The molecule has 0 aliphatic heterocycles. The Labute approximate surface area is 186 Å². The number of hydrogen-bond acceptors (Lipinski definition) is 8. The van der Waals surface area contributed by atoms with E-state index in [0.717, 1.165) is 28.9 Å². The van der Waals surface area contributed by atoms with Gasteiger partial charge < -0.3 is 10.6 Å². The average Bonchev–Trinajstić information content (AvgIpc) is 2.84. The second-order valence-corrected chi connectivity index (χ2v) is 7.04. The van der Waals surface area contributed by atoms with Gasteiger partial charge >= 0.3 is 0 Å². The van der Waals surface area contributed by atoms with Crippen molar-refractivity contribution in [3.63, 3.8) is 0 Å². The molecule has 0 aliphatic carbocycles. The third-order valence-electron chi connectivity index (χ3n) is 4.63. The van der Waals surface area contributed by atoms with Gasteiger partial charge in [-0.05, 0) is 49.2 Å². The van der Waals surface area contributed by atoms with E-state index in [1.165, 1.54) is 0 Å². The first-order chi connectivity index (χ1) is 15.8. The van der Waals surface area contributed by atoms with E-state index < -0.39 is 0 Å². The molecule has 0 saturated heterocycles. The van der Waals surface area contributed by atoms with Crippen molar-refractivity contribution < 1.29 is 0 Å². The number of pyridine rings is 2. The van der Waals surface area contributed by atoms with Crippen molar-refractivity contribution in [1.82, 2.24) is 19.9 Å². The summed E-state index contributed by atoms with van der Waals surface area (Å²) in [5, 5.41) is 11.1. The van der Waals surface area contributed by atoms with E-state index >= 15 is 0 Å². The van der Waals surface area contributed by atoms with E-state index in [-0.39, 0.29) is 0 Å². The molecule has 0 saturated carbocycles. The Morgan fingerprint density at radius 3 is 2.47 bits per heavy atom. The van der Waals surface area contributed by atoms with Crippen LogP contribution in [0.15, 0.2) is 90.6 Å². The lowest BCUT2D eigenvalue weighted by Gasteiger charge is -2.11. The van der Waals surface area contributed by atoms with Crippen LogP contribution >= 0.6 is 0 Å². The Bertz CT molecular complexity index is 1150. The first-order valence-corrected chi connectivity index (χ1v) is 10.3. The number of rotatable bonds is 9. The highest BCUT2D eigenvalue weighted by molar-refractivity contribution is 5.98. The highest BCUT2D eigenvalue weighted by atomic mass is 15.3. The molecule has 160 valence electrons. The molecule has 1 aromatic carbocycles. The van der Waals surface area contributed by atoms with E-state index in [0.29, 0.717) is 24.1 Å². The molecule has 0 spiro atoms. The second kappa shape index (κ2) is 10.6. The summed E-state index contributed by atoms with van der Waals surface area (Å²) in [6, 6.07) is 19.5. The standard InChI is InChI=1S/C24H24N8/c1-18(20-10-13-25-14-11-20)31-32-23-16-22(27-15-9-19-6-5-12-26-17-19)29-24(30-23)28-21-7-3-2-4-8-21/h2-8,10-14,16-17H,9,15H2,1H3,(H3,27,28,29,30,32). The molecule has 0 atom stereocenters. The lowest BCUT2D eigenvalue weighted by atomic mass is 10.2. The Balaban J connectivity index is 1.51. The van der Waals surface area contributed by atoms with Gasteiger partial charge in [-0.15, -0.1) is 0 Å². The zero-order chi connectivity index (χ0) is 22.0. The maximum Gasteiger partial charge on any atom is 0.231 e. The predicted octanol–water partition coefficient (Wildman–Crippen LogP) is 4.50. The van der Waals surface area contributed by atoms with Gasteiger partial charge in [-0.2, -0.15) is 15.1 Å². The van der Waals surface area contributed by atoms with Crippen LogP contribution in [0, 0.1) is 0 Å². The van der Waals surface area contributed by atoms with Crippen LogP contribution in [-0.2, 0) is 6.42 Å². The highest BCUT2D eigenvalue weighted by Crippen LogP contribution is 2.18. The van der Waals surface area contributed by atoms with Crippen molar-refractivity contribution in [3.8, 4) is 0 Å². The van der Waals surface area contributed by atoms with Gasteiger partial charge in [-0.25, -0.2) is 0 Å². The van der Waals surface area contributed by atoms with Crippen LogP contribution in [0.4, 0.5) is 23.3 Å². The largest absolute Gasteiger partial charge is 0.370 e. The Morgan fingerprint density at radius 2 is 1.69 bits per heavy atom. The normalized spacial score (nSPS) is 11.1. The maximum atomic E-state index is 4.60. The van der Waals surface area contributed by atoms with Crippen LogP contribution < -0.4 is 16.1 Å². The zero-order valence-electron chi connectivity index (χ0n) is 17.7. The number of nitrogens with one attached hydrogen (secondary N) is 3. The molecule has 3 aromatic heterocycles. The van der Waals surface area contributed by atoms with Crippen LogP contribution in [-0.4, -0.2) is 32.2 Å². The third kappa shape index (κ3) is 6.09. The SMILES string of the molecule is CC(=NNc1cc(NCCc2cccnc2)nc(Nc2ccccc2)n1)c1ccncc1. The fraction of sp³-hybridized carbons (Fsp3) is 0.125. The smallest absolute Gasteiger partial charge is 0.231 e. The number of benzene rings is 1. The Kier molecular flexibility index (Phi) is 6.95. The van der Waals surface area contributed by atoms with Crippen LogP contribution in [0.2, 0.25) is 0 Å². The minimum Gasteiger partial charge on any atom is -0.370 e. The van der Waals surface area contributed by atoms with Gasteiger partial charge in [0, 0.05) is 48.6 Å². The van der Waals surface area contributed by atoms with Crippen molar-refractivity contribution in [3.05, 3.63) is 96.6 Å². The van der Waals surface area contributed by atoms with Gasteiger partial charge in [0.2, 0.25) is 5.95 Å². The number of hydrazone groups is 1. The zero-order valence-corrected chi connectivity index (χ0v) is 17.7. The van der Waals surface area contributed by atoms with Crippen molar-refractivity contribution in [2.75, 3.05) is 22.6 Å². The summed E-state index contributed by atoms with van der Waals surface area (Å²) in [7, 11) is 0. The second-order valence-electron chi connectivity index (χ2n) is 7.04. The molecule has 8 nitrogen and oxygen atoms in total. The van der Waals surface area contributed by atoms with Gasteiger partial charge in [-0.3, -0.25) is 15.4 Å². The summed E-state index contributed by atoms with van der Waals surface area (Å²) < 4.78 is 0. The molecule has 0 bridgehead atoms. The summed E-state index contributed by atoms with van der Waals surface area (Å²) in [6.07, 6.45) is 7.96. The molecule has 0 aliphatic rings. The molecule has 0 amide bonds. The summed E-state index contributed by atoms with van der Waals surface area (Å²) in [4.78, 5) is 17.4. The van der Waals surface area contributed by atoms with E-state index in [4.69, 9.17) is 0 Å². The van der Waals surface area contributed by atoms with E-state index in [1.54, 1.807) is 18.6 Å². The molecular formula is C24H24N8. The average molecular weight is 425 g/mol. The lowest BCUT2D eigenvalue weighted by molar-refractivity contribution is 0.989. The molecule has 8 heteroatoms. The van der Waals surface area contributed by atoms with Crippen molar-refractivity contribution >= 4 is 29.0 Å². The number of aromatic nitrogens is 4. The minimum absolute atomic E-state index is 0.474. The van der Waals surface area contributed by atoms with Gasteiger partial charge in [-0.1, -0.05) is 24.3 Å². The molecule has 3 N–H and O–H groups in total. The first-order valence-electron chi connectivity index (χ1n) is 10.3. The van der Waals surface area contributed by atoms with E-state index in [9.17, 15) is 0 Å². The Hall–Kier alpha value is -4.33. The summed E-state index contributed by atoms with van der Waals surface area (Å²) in [5.74, 6) is 1.75. The third-order valence-corrected chi connectivity index (χ3v) is 4.63. The quantitative estimate of drug-likeness (QED) is 0.269. The van der Waals surface area contributed by atoms with Crippen LogP contribution in [0.25, 0.3) is 0 Å². The maximum absolute atomic E-state index is 4.60. The molecule has 4 rings (SSSR count). The van der Waals surface area contributed by atoms with Gasteiger partial charge in [0.1, 0.15) is 5.82 Å². The monoisotopic (exact) mass is 424 g/mol. The van der Waals surface area contributed by atoms with Gasteiger partial charge in [0.25, 0.3) is 0 Å². The molecule has 0 radical (unpaired) electrons. The highest BCUT2D eigenvalue weighted by Gasteiger charge is 2.06. The number of anilines is 4. The molecular weight excluding hydrogens is 400 g/mol. The molecule has 0 unspecified atom stereocenters. The molecule has 32 heavy (non-hydrogen) atoms.